The van der Waals surface area contributed by atoms with Gasteiger partial charge >= 0.3 is 0 Å². The van der Waals surface area contributed by atoms with Gasteiger partial charge < -0.3 is 4.90 Å². The Hall–Kier alpha value is -2.75. The summed E-state index contributed by atoms with van der Waals surface area (Å²) in [6, 6.07) is 17.4. The van der Waals surface area contributed by atoms with Crippen LogP contribution in [-0.4, -0.2) is 34.9 Å². The molecule has 2 aliphatic rings. The molecule has 1 aromatic heterocycles. The third kappa shape index (κ3) is 2.40. The number of fused-ring (bicyclic) bond motifs is 2. The van der Waals surface area contributed by atoms with Gasteiger partial charge in [0.25, 0.3) is 0 Å². The van der Waals surface area contributed by atoms with Crippen molar-refractivity contribution in [3.63, 3.8) is 0 Å². The quantitative estimate of drug-likeness (QED) is 0.702. The van der Waals surface area contributed by atoms with E-state index in [1.807, 2.05) is 18.2 Å². The lowest BCUT2D eigenvalue weighted by atomic mass is 10.0. The Labute approximate surface area is 145 Å². The van der Waals surface area contributed by atoms with Crippen molar-refractivity contribution in [1.29, 1.82) is 0 Å². The summed E-state index contributed by atoms with van der Waals surface area (Å²) in [6.07, 6.45) is 2.46. The average molecular weight is 331 g/mol. The van der Waals surface area contributed by atoms with Crippen molar-refractivity contribution in [3.8, 4) is 11.3 Å². The molecule has 1 saturated heterocycles. The van der Waals surface area contributed by atoms with Crippen molar-refractivity contribution < 1.29 is 4.39 Å². The highest BCUT2D eigenvalue weighted by atomic mass is 19.1. The zero-order valence-corrected chi connectivity index (χ0v) is 13.8. The normalized spacial score (nSPS) is 19.3. The van der Waals surface area contributed by atoms with Crippen LogP contribution in [0.1, 0.15) is 18.4 Å². The van der Waals surface area contributed by atoms with Crippen LogP contribution in [0.4, 0.5) is 4.39 Å². The van der Waals surface area contributed by atoms with E-state index in [1.54, 1.807) is 12.1 Å². The second-order valence-electron chi connectivity index (χ2n) is 6.73. The Morgan fingerprint density at radius 2 is 1.88 bits per heavy atom. The zero-order chi connectivity index (χ0) is 16.8. The number of hydrogen-bond donors (Lipinski definition) is 0. The van der Waals surface area contributed by atoms with Crippen LogP contribution in [0.15, 0.2) is 59.6 Å². The topological polar surface area (TPSA) is 28.5 Å². The number of hydrogen-bond acceptors (Lipinski definition) is 3. The minimum atomic E-state index is -0.232. The first-order chi connectivity index (χ1) is 12.3. The van der Waals surface area contributed by atoms with E-state index in [1.165, 1.54) is 25.0 Å². The van der Waals surface area contributed by atoms with E-state index in [0.717, 1.165) is 46.6 Å². The maximum Gasteiger partial charge on any atom is 0.132 e. The number of aromatic nitrogens is 1. The Morgan fingerprint density at radius 1 is 1.04 bits per heavy atom. The predicted octanol–water partition coefficient (Wildman–Crippen LogP) is 4.27. The maximum atomic E-state index is 13.3. The fourth-order valence-corrected chi connectivity index (χ4v) is 3.96. The van der Waals surface area contributed by atoms with Gasteiger partial charge in [-0.25, -0.2) is 9.37 Å². The lowest BCUT2D eigenvalue weighted by Gasteiger charge is -2.21. The molecule has 124 valence electrons. The van der Waals surface area contributed by atoms with Crippen LogP contribution < -0.4 is 0 Å². The van der Waals surface area contributed by atoms with Crippen LogP contribution in [0.25, 0.3) is 22.2 Å². The molecule has 0 spiro atoms. The highest BCUT2D eigenvalue weighted by Crippen LogP contribution is 2.31. The molecule has 0 aliphatic carbocycles. The van der Waals surface area contributed by atoms with E-state index in [4.69, 9.17) is 9.98 Å². The molecule has 3 heterocycles. The molecule has 1 unspecified atom stereocenters. The molecule has 0 radical (unpaired) electrons. The smallest absolute Gasteiger partial charge is 0.132 e. The van der Waals surface area contributed by atoms with E-state index in [-0.39, 0.29) is 5.82 Å². The molecule has 1 atom stereocenters. The number of nitrogens with zero attached hydrogens (tertiary/aromatic N) is 3. The van der Waals surface area contributed by atoms with E-state index in [2.05, 4.69) is 17.0 Å². The monoisotopic (exact) mass is 331 g/mol. The van der Waals surface area contributed by atoms with Crippen molar-refractivity contribution >= 4 is 16.7 Å². The number of aliphatic imine (C=N–C) groups is 1. The lowest BCUT2D eigenvalue weighted by molar-refractivity contribution is 0.431. The van der Waals surface area contributed by atoms with Gasteiger partial charge in [-0.3, -0.25) is 4.99 Å². The summed E-state index contributed by atoms with van der Waals surface area (Å²) in [5.41, 5.74) is 3.86. The van der Waals surface area contributed by atoms with E-state index in [9.17, 15) is 4.39 Å². The number of para-hydroxylation sites is 1. The van der Waals surface area contributed by atoms with E-state index >= 15 is 0 Å². The van der Waals surface area contributed by atoms with Crippen LogP contribution in [0.5, 0.6) is 0 Å². The number of benzene rings is 2. The van der Waals surface area contributed by atoms with E-state index in [0.29, 0.717) is 6.04 Å². The first kappa shape index (κ1) is 14.6. The summed E-state index contributed by atoms with van der Waals surface area (Å²) in [7, 11) is 0. The van der Waals surface area contributed by atoms with Crippen molar-refractivity contribution in [3.05, 3.63) is 66.0 Å². The molecular formula is C21H18FN3. The van der Waals surface area contributed by atoms with Gasteiger partial charge in [-0.15, -0.1) is 0 Å². The SMILES string of the molecule is Fc1ccc(-c2cc(C3=NCC4CCCN34)c3ccccc3n2)cc1. The van der Waals surface area contributed by atoms with Crippen LogP contribution in [0.3, 0.4) is 0 Å². The molecule has 2 aliphatic heterocycles. The van der Waals surface area contributed by atoms with Crippen molar-refractivity contribution in [2.75, 3.05) is 13.1 Å². The second-order valence-corrected chi connectivity index (χ2v) is 6.73. The summed E-state index contributed by atoms with van der Waals surface area (Å²) in [5, 5.41) is 1.12. The molecule has 5 rings (SSSR count). The fourth-order valence-electron chi connectivity index (χ4n) is 3.96. The van der Waals surface area contributed by atoms with Crippen molar-refractivity contribution in [2.24, 2.45) is 4.99 Å². The summed E-state index contributed by atoms with van der Waals surface area (Å²) >= 11 is 0. The van der Waals surface area contributed by atoms with Crippen LogP contribution >= 0.6 is 0 Å². The third-order valence-electron chi connectivity index (χ3n) is 5.20. The Morgan fingerprint density at radius 3 is 2.76 bits per heavy atom. The van der Waals surface area contributed by atoms with Gasteiger partial charge in [0.05, 0.1) is 23.8 Å². The molecule has 0 bridgehead atoms. The van der Waals surface area contributed by atoms with E-state index < -0.39 is 0 Å². The molecule has 25 heavy (non-hydrogen) atoms. The van der Waals surface area contributed by atoms with Crippen LogP contribution in [0, 0.1) is 5.82 Å². The number of halogens is 1. The fraction of sp³-hybridized carbons (Fsp3) is 0.238. The maximum absolute atomic E-state index is 13.3. The summed E-state index contributed by atoms with van der Waals surface area (Å²) in [4.78, 5) is 12.1. The average Bonchev–Trinajstić information content (AvgIpc) is 3.25. The molecular weight excluding hydrogens is 313 g/mol. The van der Waals surface area contributed by atoms with Gasteiger partial charge in [-0.2, -0.15) is 0 Å². The van der Waals surface area contributed by atoms with Gasteiger partial charge in [0.15, 0.2) is 0 Å². The Balaban J connectivity index is 1.70. The van der Waals surface area contributed by atoms with Gasteiger partial charge in [0.1, 0.15) is 11.7 Å². The first-order valence-corrected chi connectivity index (χ1v) is 8.77. The highest BCUT2D eigenvalue weighted by molar-refractivity contribution is 6.10. The summed E-state index contributed by atoms with van der Waals surface area (Å²) < 4.78 is 13.3. The summed E-state index contributed by atoms with van der Waals surface area (Å²) in [6.45, 7) is 1.96. The number of amidine groups is 1. The van der Waals surface area contributed by atoms with Crippen LogP contribution in [-0.2, 0) is 0 Å². The molecule has 3 aromatic rings. The molecule has 0 N–H and O–H groups in total. The van der Waals surface area contributed by atoms with Gasteiger partial charge in [0.2, 0.25) is 0 Å². The predicted molar refractivity (Wildman–Crippen MR) is 98.3 cm³/mol. The van der Waals surface area contributed by atoms with Gasteiger partial charge in [-0.05, 0) is 49.2 Å². The number of rotatable bonds is 2. The Kier molecular flexibility index (Phi) is 3.30. The largest absolute Gasteiger partial charge is 0.352 e. The molecule has 0 amide bonds. The number of pyridine rings is 1. The molecule has 3 nitrogen and oxygen atoms in total. The minimum absolute atomic E-state index is 0.232. The van der Waals surface area contributed by atoms with Crippen LogP contribution in [0.2, 0.25) is 0 Å². The first-order valence-electron chi connectivity index (χ1n) is 8.77. The molecule has 0 saturated carbocycles. The Bertz CT molecular complexity index is 978. The molecule has 2 aromatic carbocycles. The van der Waals surface area contributed by atoms with Gasteiger partial charge in [-0.1, -0.05) is 18.2 Å². The zero-order valence-electron chi connectivity index (χ0n) is 13.8. The highest BCUT2D eigenvalue weighted by Gasteiger charge is 2.33. The second kappa shape index (κ2) is 5.66. The van der Waals surface area contributed by atoms with Crippen molar-refractivity contribution in [2.45, 2.75) is 18.9 Å². The summed E-state index contributed by atoms with van der Waals surface area (Å²) in [5.74, 6) is 0.856. The molecule has 4 heteroatoms. The van der Waals surface area contributed by atoms with Crippen molar-refractivity contribution in [1.82, 2.24) is 9.88 Å². The molecule has 1 fully saturated rings. The lowest BCUT2D eigenvalue weighted by Crippen LogP contribution is -2.31. The standard InChI is InChI=1S/C21H18FN3/c22-15-9-7-14(8-10-15)20-12-18(17-5-1-2-6-19(17)24-20)21-23-13-16-4-3-11-25(16)21/h1-2,5-10,12,16H,3-4,11,13H2. The minimum Gasteiger partial charge on any atom is -0.352 e. The third-order valence-corrected chi connectivity index (χ3v) is 5.20. The van der Waals surface area contributed by atoms with Gasteiger partial charge in [0, 0.05) is 23.1 Å².